The van der Waals surface area contributed by atoms with Gasteiger partial charge in [0.05, 0.1) is 11.2 Å². The summed E-state index contributed by atoms with van der Waals surface area (Å²) in [4.78, 5) is 0. The standard InChI is InChI=1S/C32H25BO4/c1-31(2)32(3,4)37-33(36-31)24-16-28-30(21-12-8-7-11-20(21)24)23-15-22-26(17-27(23)35-28)34-25-14-13-18-9-5-6-10-19(18)29(22)25/h5-17H,1-4H3. The molecule has 3 heterocycles. The largest absolute Gasteiger partial charge is 0.495 e. The molecule has 0 amide bonds. The Labute approximate surface area is 213 Å². The molecule has 8 rings (SSSR count). The molecule has 0 N–H and O–H groups in total. The van der Waals surface area contributed by atoms with Crippen LogP contribution in [0, 0.1) is 0 Å². The molecule has 5 heteroatoms. The van der Waals surface area contributed by atoms with E-state index in [9.17, 15) is 0 Å². The van der Waals surface area contributed by atoms with Crippen molar-refractivity contribution in [2.45, 2.75) is 38.9 Å². The molecule has 0 aliphatic carbocycles. The minimum atomic E-state index is -0.473. The molecule has 2 aromatic heterocycles. The summed E-state index contributed by atoms with van der Waals surface area (Å²) in [6, 6.07) is 27.4. The molecule has 180 valence electrons. The monoisotopic (exact) mass is 484 g/mol. The van der Waals surface area contributed by atoms with E-state index in [1.165, 1.54) is 10.8 Å². The topological polar surface area (TPSA) is 44.7 Å². The van der Waals surface area contributed by atoms with Gasteiger partial charge in [0.2, 0.25) is 0 Å². The van der Waals surface area contributed by atoms with Crippen molar-refractivity contribution < 1.29 is 18.1 Å². The molecule has 0 bridgehead atoms. The third-order valence-corrected chi connectivity index (χ3v) is 8.50. The predicted molar refractivity (Wildman–Crippen MR) is 152 cm³/mol. The van der Waals surface area contributed by atoms with Gasteiger partial charge in [0.15, 0.2) is 0 Å². The maximum Gasteiger partial charge on any atom is 0.495 e. The van der Waals surface area contributed by atoms with E-state index in [-0.39, 0.29) is 0 Å². The lowest BCUT2D eigenvalue weighted by molar-refractivity contribution is 0.00578. The highest BCUT2D eigenvalue weighted by atomic mass is 16.7. The van der Waals surface area contributed by atoms with Crippen LogP contribution in [0.4, 0.5) is 0 Å². The van der Waals surface area contributed by atoms with Gasteiger partial charge in [0, 0.05) is 27.6 Å². The van der Waals surface area contributed by atoms with E-state index in [4.69, 9.17) is 18.1 Å². The van der Waals surface area contributed by atoms with E-state index in [1.807, 2.05) is 6.07 Å². The normalized spacial score (nSPS) is 17.4. The fraction of sp³-hybridized carbons (Fsp3) is 0.188. The van der Waals surface area contributed by atoms with Crippen LogP contribution in [0.2, 0.25) is 0 Å². The molecular formula is C32H25BO4. The van der Waals surface area contributed by atoms with Gasteiger partial charge in [0.1, 0.15) is 22.3 Å². The summed E-state index contributed by atoms with van der Waals surface area (Å²) in [5, 5.41) is 9.05. The molecule has 1 aliphatic heterocycles. The molecule has 1 aliphatic rings. The summed E-state index contributed by atoms with van der Waals surface area (Å²) in [6.07, 6.45) is 0. The average molecular weight is 484 g/mol. The Balaban J connectivity index is 1.45. The van der Waals surface area contributed by atoms with Crippen LogP contribution in [-0.4, -0.2) is 18.3 Å². The molecule has 0 atom stereocenters. The average Bonchev–Trinajstić information content (AvgIpc) is 3.49. The van der Waals surface area contributed by atoms with E-state index < -0.39 is 18.3 Å². The molecule has 0 spiro atoms. The second-order valence-corrected chi connectivity index (χ2v) is 11.2. The van der Waals surface area contributed by atoms with E-state index in [1.54, 1.807) is 0 Å². The zero-order valence-electron chi connectivity index (χ0n) is 21.2. The smallest absolute Gasteiger partial charge is 0.456 e. The highest BCUT2D eigenvalue weighted by molar-refractivity contribution is 6.66. The van der Waals surface area contributed by atoms with Crippen molar-refractivity contribution >= 4 is 78.0 Å². The fourth-order valence-electron chi connectivity index (χ4n) is 5.87. The van der Waals surface area contributed by atoms with E-state index in [2.05, 4.69) is 100 Å². The quantitative estimate of drug-likeness (QED) is 0.221. The lowest BCUT2D eigenvalue weighted by Crippen LogP contribution is -2.41. The van der Waals surface area contributed by atoms with Crippen LogP contribution in [0.5, 0.6) is 0 Å². The Kier molecular flexibility index (Phi) is 4.00. The molecule has 7 aromatic rings. The lowest BCUT2D eigenvalue weighted by atomic mass is 9.75. The van der Waals surface area contributed by atoms with Crippen molar-refractivity contribution in [3.63, 3.8) is 0 Å². The van der Waals surface area contributed by atoms with Gasteiger partial charge in [0.25, 0.3) is 0 Å². The number of furan rings is 2. The summed E-state index contributed by atoms with van der Waals surface area (Å²) in [5.41, 5.74) is 3.49. The van der Waals surface area contributed by atoms with Crippen LogP contribution < -0.4 is 5.46 Å². The van der Waals surface area contributed by atoms with E-state index in [0.29, 0.717) is 0 Å². The first-order valence-corrected chi connectivity index (χ1v) is 12.8. The highest BCUT2D eigenvalue weighted by Gasteiger charge is 2.52. The van der Waals surface area contributed by atoms with Crippen molar-refractivity contribution in [2.24, 2.45) is 0 Å². The molecule has 4 nitrogen and oxygen atoms in total. The molecule has 5 aromatic carbocycles. The lowest BCUT2D eigenvalue weighted by Gasteiger charge is -2.32. The number of benzene rings is 5. The molecule has 0 unspecified atom stereocenters. The second kappa shape index (κ2) is 6.94. The van der Waals surface area contributed by atoms with E-state index in [0.717, 1.165) is 60.1 Å². The van der Waals surface area contributed by atoms with Crippen LogP contribution in [0.15, 0.2) is 87.7 Å². The summed E-state index contributed by atoms with van der Waals surface area (Å²) in [6.45, 7) is 8.33. The van der Waals surface area contributed by atoms with Gasteiger partial charge in [-0.05, 0) is 72.9 Å². The number of hydrogen-bond acceptors (Lipinski definition) is 4. The van der Waals surface area contributed by atoms with Gasteiger partial charge in [-0.15, -0.1) is 0 Å². The molecule has 0 radical (unpaired) electrons. The van der Waals surface area contributed by atoms with Crippen molar-refractivity contribution in [1.29, 1.82) is 0 Å². The third-order valence-electron chi connectivity index (χ3n) is 8.50. The van der Waals surface area contributed by atoms with Gasteiger partial charge in [-0.25, -0.2) is 0 Å². The van der Waals surface area contributed by atoms with Gasteiger partial charge < -0.3 is 18.1 Å². The number of hydrogen-bond donors (Lipinski definition) is 0. The maximum absolute atomic E-state index is 6.49. The van der Waals surface area contributed by atoms with E-state index >= 15 is 0 Å². The summed E-state index contributed by atoms with van der Waals surface area (Å²) in [5.74, 6) is 0. The molecular weight excluding hydrogens is 459 g/mol. The SMILES string of the molecule is CC1(C)OB(c2cc3oc4cc5oc6ccc7ccccc7c6c5cc4c3c3ccccc23)OC1(C)C. The highest BCUT2D eigenvalue weighted by Crippen LogP contribution is 2.42. The first-order chi connectivity index (χ1) is 17.8. The predicted octanol–water partition coefficient (Wildman–Crippen LogP) is 8.09. The number of fused-ring (bicyclic) bond motifs is 10. The van der Waals surface area contributed by atoms with Crippen LogP contribution in [0.3, 0.4) is 0 Å². The Morgan fingerprint density at radius 1 is 0.514 bits per heavy atom. The van der Waals surface area contributed by atoms with Gasteiger partial charge in [-0.3, -0.25) is 0 Å². The maximum atomic E-state index is 6.49. The minimum absolute atomic E-state index is 0.421. The molecule has 0 saturated carbocycles. The van der Waals surface area contributed by atoms with Crippen molar-refractivity contribution in [2.75, 3.05) is 0 Å². The van der Waals surface area contributed by atoms with Crippen LogP contribution >= 0.6 is 0 Å². The second-order valence-electron chi connectivity index (χ2n) is 11.2. The molecule has 1 fully saturated rings. The first-order valence-electron chi connectivity index (χ1n) is 12.8. The van der Waals surface area contributed by atoms with Crippen molar-refractivity contribution in [1.82, 2.24) is 0 Å². The van der Waals surface area contributed by atoms with Crippen LogP contribution in [0.25, 0.3) is 65.4 Å². The zero-order chi connectivity index (χ0) is 25.1. The Bertz CT molecular complexity index is 2040. The fourth-order valence-corrected chi connectivity index (χ4v) is 5.87. The van der Waals surface area contributed by atoms with Gasteiger partial charge >= 0.3 is 7.12 Å². The molecule has 1 saturated heterocycles. The Morgan fingerprint density at radius 2 is 1.11 bits per heavy atom. The Morgan fingerprint density at radius 3 is 1.84 bits per heavy atom. The molecule has 37 heavy (non-hydrogen) atoms. The van der Waals surface area contributed by atoms with Gasteiger partial charge in [-0.2, -0.15) is 0 Å². The minimum Gasteiger partial charge on any atom is -0.456 e. The summed E-state index contributed by atoms with van der Waals surface area (Å²) in [7, 11) is -0.473. The summed E-state index contributed by atoms with van der Waals surface area (Å²) >= 11 is 0. The first kappa shape index (κ1) is 21.3. The number of rotatable bonds is 1. The van der Waals surface area contributed by atoms with Crippen LogP contribution in [-0.2, 0) is 9.31 Å². The van der Waals surface area contributed by atoms with Crippen molar-refractivity contribution in [3.8, 4) is 0 Å². The van der Waals surface area contributed by atoms with Crippen LogP contribution in [0.1, 0.15) is 27.7 Å². The zero-order valence-corrected chi connectivity index (χ0v) is 21.2. The third kappa shape index (κ3) is 2.81. The Hall–Kier alpha value is -3.80. The summed E-state index contributed by atoms with van der Waals surface area (Å²) < 4.78 is 25.7. The van der Waals surface area contributed by atoms with Crippen molar-refractivity contribution in [3.05, 3.63) is 78.9 Å². The van der Waals surface area contributed by atoms with Gasteiger partial charge in [-0.1, -0.05) is 54.6 Å².